The first-order valence-electron chi connectivity index (χ1n) is 9.99. The van der Waals surface area contributed by atoms with Gasteiger partial charge in [-0.25, -0.2) is 0 Å². The molecule has 0 aliphatic rings. The van der Waals surface area contributed by atoms with Crippen LogP contribution in [0, 0.1) is 0 Å². The van der Waals surface area contributed by atoms with Crippen LogP contribution in [0.4, 0.5) is 0 Å². The first-order valence-corrected chi connectivity index (χ1v) is 9.99. The topological polar surface area (TPSA) is 29.3 Å². The SMILES string of the molecule is CC(C)(c1ccccc1)N(CCCCCCN)C(C)(C)c1ccccc1. The van der Waals surface area contributed by atoms with Crippen molar-refractivity contribution in [2.75, 3.05) is 13.1 Å². The fraction of sp³-hybridized carbons (Fsp3) is 0.500. The van der Waals surface area contributed by atoms with Crippen LogP contribution < -0.4 is 5.73 Å². The fourth-order valence-electron chi connectivity index (χ4n) is 4.03. The van der Waals surface area contributed by atoms with Gasteiger partial charge in [0.2, 0.25) is 0 Å². The second-order valence-corrected chi connectivity index (χ2v) is 8.20. The number of rotatable bonds is 10. The molecule has 0 spiro atoms. The molecule has 0 aromatic heterocycles. The lowest BCUT2D eigenvalue weighted by Gasteiger charge is -2.49. The van der Waals surface area contributed by atoms with Crippen molar-refractivity contribution in [2.45, 2.75) is 64.5 Å². The van der Waals surface area contributed by atoms with Gasteiger partial charge in [-0.2, -0.15) is 0 Å². The summed E-state index contributed by atoms with van der Waals surface area (Å²) in [6.45, 7) is 11.3. The van der Waals surface area contributed by atoms with Gasteiger partial charge in [0, 0.05) is 11.1 Å². The predicted molar refractivity (Wildman–Crippen MR) is 113 cm³/mol. The van der Waals surface area contributed by atoms with Crippen LogP contribution in [0.3, 0.4) is 0 Å². The summed E-state index contributed by atoms with van der Waals surface area (Å²) in [5.74, 6) is 0. The number of hydrogen-bond donors (Lipinski definition) is 1. The Labute approximate surface area is 160 Å². The molecule has 2 aromatic rings. The van der Waals surface area contributed by atoms with Gasteiger partial charge in [-0.15, -0.1) is 0 Å². The second kappa shape index (κ2) is 9.34. The van der Waals surface area contributed by atoms with E-state index < -0.39 is 0 Å². The third kappa shape index (κ3) is 4.96. The van der Waals surface area contributed by atoms with Crippen molar-refractivity contribution in [1.29, 1.82) is 0 Å². The zero-order valence-electron chi connectivity index (χ0n) is 17.0. The minimum atomic E-state index is -0.0472. The monoisotopic (exact) mass is 352 g/mol. The van der Waals surface area contributed by atoms with Crippen molar-refractivity contribution in [3.05, 3.63) is 71.8 Å². The highest BCUT2D eigenvalue weighted by Crippen LogP contribution is 2.39. The molecule has 0 heterocycles. The van der Waals surface area contributed by atoms with E-state index in [9.17, 15) is 0 Å². The van der Waals surface area contributed by atoms with Gasteiger partial charge in [0.25, 0.3) is 0 Å². The Hall–Kier alpha value is -1.64. The molecule has 0 atom stereocenters. The summed E-state index contributed by atoms with van der Waals surface area (Å²) in [5, 5.41) is 0. The second-order valence-electron chi connectivity index (χ2n) is 8.20. The molecular weight excluding hydrogens is 316 g/mol. The van der Waals surface area contributed by atoms with Gasteiger partial charge < -0.3 is 5.73 Å². The average molecular weight is 353 g/mol. The van der Waals surface area contributed by atoms with E-state index in [2.05, 4.69) is 93.3 Å². The standard InChI is InChI=1S/C24H36N2/c1-23(2,21-15-9-7-10-16-21)26(20-14-6-5-13-19-25)24(3,4)22-17-11-8-12-18-22/h7-12,15-18H,5-6,13-14,19-20,25H2,1-4H3. The first-order chi connectivity index (χ1) is 12.4. The largest absolute Gasteiger partial charge is 0.330 e. The highest BCUT2D eigenvalue weighted by atomic mass is 15.2. The molecule has 2 heteroatoms. The lowest BCUT2D eigenvalue weighted by atomic mass is 9.83. The van der Waals surface area contributed by atoms with Gasteiger partial charge in [-0.1, -0.05) is 73.5 Å². The maximum absolute atomic E-state index is 5.65. The number of nitrogens with two attached hydrogens (primary N) is 1. The van der Waals surface area contributed by atoms with Crippen LogP contribution in [-0.4, -0.2) is 18.0 Å². The van der Waals surface area contributed by atoms with Gasteiger partial charge in [-0.3, -0.25) is 4.90 Å². The molecule has 0 radical (unpaired) electrons. The number of nitrogens with zero attached hydrogens (tertiary/aromatic N) is 1. The molecule has 0 aliphatic heterocycles. The molecule has 2 nitrogen and oxygen atoms in total. The lowest BCUT2D eigenvalue weighted by Crippen LogP contribution is -2.52. The summed E-state index contributed by atoms with van der Waals surface area (Å²) in [4.78, 5) is 2.67. The Kier molecular flexibility index (Phi) is 7.43. The van der Waals surface area contributed by atoms with Crippen LogP contribution in [0.15, 0.2) is 60.7 Å². The van der Waals surface area contributed by atoms with Crippen molar-refractivity contribution < 1.29 is 0 Å². The quantitative estimate of drug-likeness (QED) is 0.558. The summed E-state index contributed by atoms with van der Waals surface area (Å²) in [6, 6.07) is 21.8. The molecule has 0 fully saturated rings. The molecule has 2 rings (SSSR count). The Morgan fingerprint density at radius 3 is 1.50 bits per heavy atom. The van der Waals surface area contributed by atoms with E-state index in [1.807, 2.05) is 0 Å². The van der Waals surface area contributed by atoms with Crippen LogP contribution in [0.2, 0.25) is 0 Å². The molecule has 0 unspecified atom stereocenters. The summed E-state index contributed by atoms with van der Waals surface area (Å²) in [5.41, 5.74) is 8.29. The van der Waals surface area contributed by atoms with Gasteiger partial charge in [0.05, 0.1) is 0 Å². The number of unbranched alkanes of at least 4 members (excludes halogenated alkanes) is 3. The Bertz CT molecular complexity index is 580. The van der Waals surface area contributed by atoms with Gasteiger partial charge in [0.15, 0.2) is 0 Å². The highest BCUT2D eigenvalue weighted by molar-refractivity contribution is 5.28. The maximum atomic E-state index is 5.65. The van der Waals surface area contributed by atoms with E-state index in [1.54, 1.807) is 0 Å². The van der Waals surface area contributed by atoms with E-state index in [0.29, 0.717) is 0 Å². The molecule has 0 bridgehead atoms. The molecule has 2 aromatic carbocycles. The van der Waals surface area contributed by atoms with Crippen molar-refractivity contribution in [3.63, 3.8) is 0 Å². The first kappa shape index (κ1) is 20.7. The third-order valence-corrected chi connectivity index (χ3v) is 5.65. The Balaban J connectivity index is 2.29. The van der Waals surface area contributed by atoms with Crippen molar-refractivity contribution >= 4 is 0 Å². The number of benzene rings is 2. The van der Waals surface area contributed by atoms with Crippen LogP contribution in [0.5, 0.6) is 0 Å². The van der Waals surface area contributed by atoms with Crippen LogP contribution in [0.25, 0.3) is 0 Å². The van der Waals surface area contributed by atoms with Crippen molar-refractivity contribution in [2.24, 2.45) is 5.73 Å². The summed E-state index contributed by atoms with van der Waals surface area (Å²) in [6.07, 6.45) is 4.79. The Morgan fingerprint density at radius 1 is 0.654 bits per heavy atom. The van der Waals surface area contributed by atoms with E-state index >= 15 is 0 Å². The molecule has 0 amide bonds. The third-order valence-electron chi connectivity index (χ3n) is 5.65. The number of hydrogen-bond acceptors (Lipinski definition) is 2. The summed E-state index contributed by atoms with van der Waals surface area (Å²) in [7, 11) is 0. The van der Waals surface area contributed by atoms with E-state index in [0.717, 1.165) is 19.5 Å². The summed E-state index contributed by atoms with van der Waals surface area (Å²) >= 11 is 0. The fourth-order valence-corrected chi connectivity index (χ4v) is 4.03. The van der Waals surface area contributed by atoms with Crippen molar-refractivity contribution in [1.82, 2.24) is 4.90 Å². The van der Waals surface area contributed by atoms with E-state index in [-0.39, 0.29) is 11.1 Å². The average Bonchev–Trinajstić information content (AvgIpc) is 2.65. The molecular formula is C24H36N2. The minimum absolute atomic E-state index is 0.0472. The predicted octanol–water partition coefficient (Wildman–Crippen LogP) is 5.68. The maximum Gasteiger partial charge on any atom is 0.0412 e. The molecule has 2 N–H and O–H groups in total. The zero-order valence-corrected chi connectivity index (χ0v) is 17.0. The molecule has 142 valence electrons. The van der Waals surface area contributed by atoms with Crippen LogP contribution in [0.1, 0.15) is 64.5 Å². The van der Waals surface area contributed by atoms with Gasteiger partial charge in [0.1, 0.15) is 0 Å². The minimum Gasteiger partial charge on any atom is -0.330 e. The zero-order chi connectivity index (χ0) is 19.0. The summed E-state index contributed by atoms with van der Waals surface area (Å²) < 4.78 is 0. The van der Waals surface area contributed by atoms with Gasteiger partial charge >= 0.3 is 0 Å². The molecule has 0 saturated heterocycles. The smallest absolute Gasteiger partial charge is 0.0412 e. The van der Waals surface area contributed by atoms with Crippen LogP contribution in [-0.2, 0) is 11.1 Å². The van der Waals surface area contributed by atoms with E-state index in [4.69, 9.17) is 5.73 Å². The molecule has 0 aliphatic carbocycles. The Morgan fingerprint density at radius 2 is 1.08 bits per heavy atom. The van der Waals surface area contributed by atoms with Crippen molar-refractivity contribution in [3.8, 4) is 0 Å². The normalized spacial score (nSPS) is 12.5. The van der Waals surface area contributed by atoms with Gasteiger partial charge in [-0.05, 0) is 64.8 Å². The lowest BCUT2D eigenvalue weighted by molar-refractivity contribution is 0.00852. The molecule has 0 saturated carbocycles. The van der Waals surface area contributed by atoms with E-state index in [1.165, 1.54) is 30.4 Å². The molecule has 26 heavy (non-hydrogen) atoms. The highest BCUT2D eigenvalue weighted by Gasteiger charge is 2.39. The van der Waals surface area contributed by atoms with Crippen LogP contribution >= 0.6 is 0 Å².